The van der Waals surface area contributed by atoms with Crippen LogP contribution in [0, 0.1) is 6.92 Å². The van der Waals surface area contributed by atoms with Gasteiger partial charge in [-0.1, -0.05) is 18.2 Å². The maximum atomic E-state index is 5.66. The van der Waals surface area contributed by atoms with Gasteiger partial charge in [-0.2, -0.15) is 0 Å². The molecule has 1 heterocycles. The fraction of sp³-hybridized carbons (Fsp3) is 0.154. The van der Waals surface area contributed by atoms with E-state index in [1.807, 2.05) is 43.4 Å². The summed E-state index contributed by atoms with van der Waals surface area (Å²) < 4.78 is 5.66. The summed E-state index contributed by atoms with van der Waals surface area (Å²) in [5.74, 6) is 1.64. The molecule has 2 heteroatoms. The first kappa shape index (κ1) is 9.71. The van der Waals surface area contributed by atoms with Gasteiger partial charge < -0.3 is 4.74 Å². The number of nitrogens with zero attached hydrogens (tertiary/aromatic N) is 1. The summed E-state index contributed by atoms with van der Waals surface area (Å²) >= 11 is 0. The van der Waals surface area contributed by atoms with Gasteiger partial charge in [-0.3, -0.25) is 4.98 Å². The zero-order valence-corrected chi connectivity index (χ0v) is 8.68. The Kier molecular flexibility index (Phi) is 2.98. The summed E-state index contributed by atoms with van der Waals surface area (Å²) in [6, 6.07) is 3.86. The van der Waals surface area contributed by atoms with Crippen LogP contribution in [0.15, 0.2) is 54.5 Å². The first-order valence-corrected chi connectivity index (χ1v) is 4.98. The molecule has 0 fully saturated rings. The van der Waals surface area contributed by atoms with Crippen molar-refractivity contribution in [3.63, 3.8) is 0 Å². The quantitative estimate of drug-likeness (QED) is 0.729. The van der Waals surface area contributed by atoms with Gasteiger partial charge in [0.1, 0.15) is 11.5 Å². The SMILES string of the molecule is Cc1ccc(OC2=CCC=CC=C2)cn1. The second-order valence-corrected chi connectivity index (χ2v) is 3.37. The van der Waals surface area contributed by atoms with Gasteiger partial charge in [-0.25, -0.2) is 0 Å². The predicted octanol–water partition coefficient (Wildman–Crippen LogP) is 3.17. The summed E-state index contributed by atoms with van der Waals surface area (Å²) in [7, 11) is 0. The second kappa shape index (κ2) is 4.60. The molecule has 0 aliphatic heterocycles. The van der Waals surface area contributed by atoms with Gasteiger partial charge >= 0.3 is 0 Å². The average molecular weight is 199 g/mol. The highest BCUT2D eigenvalue weighted by atomic mass is 16.5. The Labute approximate surface area is 89.6 Å². The van der Waals surface area contributed by atoms with Crippen molar-refractivity contribution in [2.45, 2.75) is 13.3 Å². The van der Waals surface area contributed by atoms with Gasteiger partial charge in [-0.05, 0) is 37.6 Å². The highest BCUT2D eigenvalue weighted by Crippen LogP contribution is 2.15. The van der Waals surface area contributed by atoms with E-state index >= 15 is 0 Å². The van der Waals surface area contributed by atoms with Crippen LogP contribution in [-0.2, 0) is 0 Å². The van der Waals surface area contributed by atoms with E-state index < -0.39 is 0 Å². The van der Waals surface area contributed by atoms with Crippen LogP contribution in [0.4, 0.5) is 0 Å². The van der Waals surface area contributed by atoms with Crippen molar-refractivity contribution in [1.82, 2.24) is 4.98 Å². The lowest BCUT2D eigenvalue weighted by Crippen LogP contribution is -1.92. The van der Waals surface area contributed by atoms with Crippen LogP contribution in [0.3, 0.4) is 0 Å². The third kappa shape index (κ3) is 2.81. The molecule has 0 aromatic carbocycles. The first-order valence-electron chi connectivity index (χ1n) is 4.98. The number of aryl methyl sites for hydroxylation is 1. The lowest BCUT2D eigenvalue weighted by atomic mass is 10.3. The molecule has 1 aliphatic rings. The van der Waals surface area contributed by atoms with E-state index in [0.29, 0.717) is 0 Å². The number of pyridine rings is 1. The summed E-state index contributed by atoms with van der Waals surface area (Å²) in [6.07, 6.45) is 12.7. The topological polar surface area (TPSA) is 22.1 Å². The average Bonchev–Trinajstić information content (AvgIpc) is 2.50. The Hall–Kier alpha value is -1.83. The molecular formula is C13H13NO. The molecule has 2 rings (SSSR count). The number of ether oxygens (including phenoxy) is 1. The van der Waals surface area contributed by atoms with Crippen molar-refractivity contribution in [2.75, 3.05) is 0 Å². The fourth-order valence-electron chi connectivity index (χ4n) is 1.29. The molecule has 76 valence electrons. The van der Waals surface area contributed by atoms with E-state index in [1.165, 1.54) is 0 Å². The molecule has 1 aromatic rings. The zero-order valence-electron chi connectivity index (χ0n) is 8.68. The molecular weight excluding hydrogens is 186 g/mol. The lowest BCUT2D eigenvalue weighted by molar-refractivity contribution is 0.440. The van der Waals surface area contributed by atoms with Gasteiger partial charge in [0.25, 0.3) is 0 Å². The maximum Gasteiger partial charge on any atom is 0.145 e. The van der Waals surface area contributed by atoms with Gasteiger partial charge in [0.15, 0.2) is 0 Å². The smallest absolute Gasteiger partial charge is 0.145 e. The number of rotatable bonds is 2. The number of hydrogen-bond donors (Lipinski definition) is 0. The van der Waals surface area contributed by atoms with Crippen LogP contribution in [-0.4, -0.2) is 4.98 Å². The Morgan fingerprint density at radius 2 is 2.20 bits per heavy atom. The number of allylic oxidation sites excluding steroid dienone is 5. The van der Waals surface area contributed by atoms with Gasteiger partial charge in [0.05, 0.1) is 6.20 Å². The molecule has 0 N–H and O–H groups in total. The monoisotopic (exact) mass is 199 g/mol. The highest BCUT2D eigenvalue weighted by Gasteiger charge is 1.98. The van der Waals surface area contributed by atoms with Gasteiger partial charge in [0, 0.05) is 5.69 Å². The highest BCUT2D eigenvalue weighted by molar-refractivity contribution is 5.28. The lowest BCUT2D eigenvalue weighted by Gasteiger charge is -2.05. The van der Waals surface area contributed by atoms with E-state index in [-0.39, 0.29) is 0 Å². The molecule has 0 saturated carbocycles. The summed E-state index contributed by atoms with van der Waals surface area (Å²) in [6.45, 7) is 1.96. The fourth-order valence-corrected chi connectivity index (χ4v) is 1.29. The van der Waals surface area contributed by atoms with E-state index in [0.717, 1.165) is 23.6 Å². The van der Waals surface area contributed by atoms with Crippen LogP contribution >= 0.6 is 0 Å². The summed E-state index contributed by atoms with van der Waals surface area (Å²) in [5, 5.41) is 0. The van der Waals surface area contributed by atoms with Gasteiger partial charge in [0.2, 0.25) is 0 Å². The largest absolute Gasteiger partial charge is 0.456 e. The number of hydrogen-bond acceptors (Lipinski definition) is 2. The minimum atomic E-state index is 0.776. The van der Waals surface area contributed by atoms with Crippen LogP contribution < -0.4 is 4.74 Å². The Morgan fingerprint density at radius 1 is 1.27 bits per heavy atom. The minimum Gasteiger partial charge on any atom is -0.456 e. The van der Waals surface area contributed by atoms with Gasteiger partial charge in [-0.15, -0.1) is 0 Å². The van der Waals surface area contributed by atoms with Crippen LogP contribution in [0.5, 0.6) is 5.75 Å². The van der Waals surface area contributed by atoms with Crippen molar-refractivity contribution >= 4 is 0 Å². The predicted molar refractivity (Wildman–Crippen MR) is 60.6 cm³/mol. The summed E-state index contributed by atoms with van der Waals surface area (Å²) in [5.41, 5.74) is 0.995. The Bertz CT molecular complexity index is 413. The van der Waals surface area contributed by atoms with Crippen molar-refractivity contribution in [1.29, 1.82) is 0 Å². The third-order valence-corrected chi connectivity index (χ3v) is 2.08. The maximum absolute atomic E-state index is 5.66. The molecule has 0 atom stereocenters. The first-order chi connectivity index (χ1) is 7.34. The van der Waals surface area contributed by atoms with Crippen molar-refractivity contribution in [3.05, 3.63) is 60.2 Å². The van der Waals surface area contributed by atoms with Crippen LogP contribution in [0.25, 0.3) is 0 Å². The molecule has 0 radical (unpaired) electrons. The normalized spacial score (nSPS) is 14.6. The molecule has 15 heavy (non-hydrogen) atoms. The van der Waals surface area contributed by atoms with E-state index in [9.17, 15) is 0 Å². The number of aromatic nitrogens is 1. The van der Waals surface area contributed by atoms with Crippen molar-refractivity contribution < 1.29 is 4.74 Å². The minimum absolute atomic E-state index is 0.776. The van der Waals surface area contributed by atoms with Crippen molar-refractivity contribution in [3.8, 4) is 5.75 Å². The molecule has 2 nitrogen and oxygen atoms in total. The molecule has 1 aliphatic carbocycles. The van der Waals surface area contributed by atoms with E-state index in [1.54, 1.807) is 6.20 Å². The van der Waals surface area contributed by atoms with Crippen LogP contribution in [0.1, 0.15) is 12.1 Å². The molecule has 0 amide bonds. The molecule has 0 bridgehead atoms. The third-order valence-electron chi connectivity index (χ3n) is 2.08. The molecule has 0 spiro atoms. The second-order valence-electron chi connectivity index (χ2n) is 3.37. The molecule has 0 saturated heterocycles. The van der Waals surface area contributed by atoms with Crippen molar-refractivity contribution in [2.24, 2.45) is 0 Å². The molecule has 1 aromatic heterocycles. The standard InChI is InChI=1S/C13H13NO/c1-11-8-9-13(10-14-11)15-12-6-4-2-3-5-7-12/h2-4,6-10H,5H2,1H3. The van der Waals surface area contributed by atoms with E-state index in [2.05, 4.69) is 11.1 Å². The Balaban J connectivity index is 2.08. The van der Waals surface area contributed by atoms with E-state index in [4.69, 9.17) is 4.74 Å². The summed E-state index contributed by atoms with van der Waals surface area (Å²) in [4.78, 5) is 4.18. The zero-order chi connectivity index (χ0) is 10.5. The molecule has 0 unspecified atom stereocenters. The Morgan fingerprint density at radius 3 is 3.00 bits per heavy atom. The van der Waals surface area contributed by atoms with Crippen LogP contribution in [0.2, 0.25) is 0 Å².